The van der Waals surface area contributed by atoms with Crippen molar-refractivity contribution in [3.05, 3.63) is 83.4 Å². The van der Waals surface area contributed by atoms with E-state index in [2.05, 4.69) is 29.7 Å². The zero-order chi connectivity index (χ0) is 17.4. The molecule has 124 valence electrons. The molecule has 0 bridgehead atoms. The van der Waals surface area contributed by atoms with E-state index in [1.165, 1.54) is 5.39 Å². The Morgan fingerprint density at radius 1 is 0.920 bits per heavy atom. The van der Waals surface area contributed by atoms with Crippen molar-refractivity contribution < 1.29 is 4.79 Å². The van der Waals surface area contributed by atoms with Gasteiger partial charge in [-0.3, -0.25) is 4.79 Å². The van der Waals surface area contributed by atoms with Gasteiger partial charge in [0.25, 0.3) is 0 Å². The summed E-state index contributed by atoms with van der Waals surface area (Å²) < 4.78 is 2.22. The first kappa shape index (κ1) is 15.6. The molecule has 0 saturated carbocycles. The molecule has 0 aliphatic heterocycles. The molecule has 0 aliphatic rings. The number of aryl methyl sites for hydroxylation is 1. The van der Waals surface area contributed by atoms with Crippen LogP contribution in [0.15, 0.2) is 66.7 Å². The summed E-state index contributed by atoms with van der Waals surface area (Å²) in [6.07, 6.45) is 0. The number of carbonyl (C=O) groups is 1. The maximum atomic E-state index is 13.3. The molecule has 25 heavy (non-hydrogen) atoms. The summed E-state index contributed by atoms with van der Waals surface area (Å²) in [6, 6.07) is 21.8. The Hall–Kier alpha value is -2.91. The van der Waals surface area contributed by atoms with Gasteiger partial charge in [0, 0.05) is 34.9 Å². The molecule has 1 aromatic heterocycles. The normalized spacial score (nSPS) is 11.3. The van der Waals surface area contributed by atoms with Gasteiger partial charge in [-0.25, -0.2) is 0 Å². The van der Waals surface area contributed by atoms with Crippen LogP contribution in [-0.4, -0.2) is 10.4 Å². The minimum absolute atomic E-state index is 0.0316. The number of rotatable bonds is 4. The number of ketones is 1. The summed E-state index contributed by atoms with van der Waals surface area (Å²) in [5, 5.41) is 2.28. The molecular formula is C22H20N2O. The van der Waals surface area contributed by atoms with E-state index in [0.29, 0.717) is 12.1 Å². The van der Waals surface area contributed by atoms with Crippen molar-refractivity contribution in [2.75, 3.05) is 0 Å². The lowest BCUT2D eigenvalue weighted by molar-refractivity contribution is 0.103. The maximum absolute atomic E-state index is 13.3. The number of fused-ring (bicyclic) bond motifs is 3. The van der Waals surface area contributed by atoms with Crippen LogP contribution in [-0.2, 0) is 13.1 Å². The second-order valence-corrected chi connectivity index (χ2v) is 6.16. The lowest BCUT2D eigenvalue weighted by Gasteiger charge is -2.12. The highest BCUT2D eigenvalue weighted by Crippen LogP contribution is 2.34. The fraction of sp³-hybridized carbons (Fsp3) is 0.136. The predicted molar refractivity (Wildman–Crippen MR) is 103 cm³/mol. The third-order valence-electron chi connectivity index (χ3n) is 4.82. The van der Waals surface area contributed by atoms with Gasteiger partial charge >= 0.3 is 0 Å². The molecule has 2 N–H and O–H groups in total. The number of para-hydroxylation sites is 1. The first-order valence-corrected chi connectivity index (χ1v) is 8.59. The summed E-state index contributed by atoms with van der Waals surface area (Å²) in [5.74, 6) is 0.0316. The van der Waals surface area contributed by atoms with Gasteiger partial charge in [-0.15, -0.1) is 0 Å². The molecule has 4 rings (SSSR count). The van der Waals surface area contributed by atoms with E-state index in [9.17, 15) is 4.79 Å². The van der Waals surface area contributed by atoms with Crippen molar-refractivity contribution >= 4 is 27.6 Å². The van der Waals surface area contributed by atoms with E-state index in [4.69, 9.17) is 5.73 Å². The second-order valence-electron chi connectivity index (χ2n) is 6.16. The number of carbonyl (C=O) groups excluding carboxylic acids is 1. The minimum Gasteiger partial charge on any atom is -0.340 e. The van der Waals surface area contributed by atoms with Crippen LogP contribution >= 0.6 is 0 Å². The van der Waals surface area contributed by atoms with Gasteiger partial charge in [0.2, 0.25) is 0 Å². The van der Waals surface area contributed by atoms with Crippen LogP contribution in [0.5, 0.6) is 0 Å². The maximum Gasteiger partial charge on any atom is 0.195 e. The highest BCUT2D eigenvalue weighted by atomic mass is 16.1. The first-order chi connectivity index (χ1) is 12.3. The van der Waals surface area contributed by atoms with Crippen LogP contribution in [0.25, 0.3) is 21.8 Å². The van der Waals surface area contributed by atoms with Crippen LogP contribution in [0.4, 0.5) is 0 Å². The zero-order valence-corrected chi connectivity index (χ0v) is 14.2. The molecule has 0 spiro atoms. The average Bonchev–Trinajstić information content (AvgIpc) is 3.01. The van der Waals surface area contributed by atoms with Gasteiger partial charge in [-0.2, -0.15) is 0 Å². The summed E-state index contributed by atoms with van der Waals surface area (Å²) in [7, 11) is 0. The Morgan fingerprint density at radius 3 is 2.36 bits per heavy atom. The smallest absolute Gasteiger partial charge is 0.195 e. The molecule has 3 nitrogen and oxygen atoms in total. The van der Waals surface area contributed by atoms with Crippen LogP contribution in [0, 0.1) is 0 Å². The molecule has 0 saturated heterocycles. The summed E-state index contributed by atoms with van der Waals surface area (Å²) >= 11 is 0. The molecular weight excluding hydrogens is 308 g/mol. The summed E-state index contributed by atoms with van der Waals surface area (Å²) in [4.78, 5) is 13.3. The van der Waals surface area contributed by atoms with Gasteiger partial charge in [-0.05, 0) is 18.6 Å². The predicted octanol–water partition coefficient (Wildman–Crippen LogP) is 4.50. The van der Waals surface area contributed by atoms with E-state index in [-0.39, 0.29) is 5.78 Å². The lowest BCUT2D eigenvalue weighted by Crippen LogP contribution is -2.11. The highest BCUT2D eigenvalue weighted by Gasteiger charge is 2.21. The third kappa shape index (κ3) is 2.36. The zero-order valence-electron chi connectivity index (χ0n) is 14.2. The van der Waals surface area contributed by atoms with E-state index < -0.39 is 0 Å². The number of hydrogen-bond acceptors (Lipinski definition) is 2. The second kappa shape index (κ2) is 6.19. The average molecular weight is 328 g/mol. The van der Waals surface area contributed by atoms with Crippen LogP contribution in [0.2, 0.25) is 0 Å². The quantitative estimate of drug-likeness (QED) is 0.561. The van der Waals surface area contributed by atoms with Crippen molar-refractivity contribution in [1.29, 1.82) is 0 Å². The van der Waals surface area contributed by atoms with E-state index in [1.807, 2.05) is 48.5 Å². The van der Waals surface area contributed by atoms with Crippen molar-refractivity contribution in [3.8, 4) is 0 Å². The van der Waals surface area contributed by atoms with Crippen molar-refractivity contribution in [2.45, 2.75) is 20.0 Å². The molecule has 0 aliphatic carbocycles. The lowest BCUT2D eigenvalue weighted by atomic mass is 9.95. The van der Waals surface area contributed by atoms with Crippen molar-refractivity contribution in [1.82, 2.24) is 4.57 Å². The van der Waals surface area contributed by atoms with Gasteiger partial charge in [0.1, 0.15) is 0 Å². The summed E-state index contributed by atoms with van der Waals surface area (Å²) in [5.41, 5.74) is 10.4. The number of nitrogens with two attached hydrogens (primary N) is 1. The van der Waals surface area contributed by atoms with Crippen molar-refractivity contribution in [3.63, 3.8) is 0 Å². The standard InChI is InChI=1S/C22H20N2O/c1-2-24-19-11-7-6-10-17(19)18-13-12-16(14-23)20(21(18)24)22(25)15-8-4-3-5-9-15/h3-13H,2,14,23H2,1H3. The Balaban J connectivity index is 2.13. The van der Waals surface area contributed by atoms with Crippen LogP contribution in [0.1, 0.15) is 28.4 Å². The number of aromatic nitrogens is 1. The summed E-state index contributed by atoms with van der Waals surface area (Å²) in [6.45, 7) is 3.25. The Morgan fingerprint density at radius 2 is 1.64 bits per heavy atom. The molecule has 3 heteroatoms. The number of nitrogens with zero attached hydrogens (tertiary/aromatic N) is 1. The largest absolute Gasteiger partial charge is 0.340 e. The fourth-order valence-electron chi connectivity index (χ4n) is 3.67. The molecule has 0 unspecified atom stereocenters. The van der Waals surface area contributed by atoms with Gasteiger partial charge < -0.3 is 10.3 Å². The first-order valence-electron chi connectivity index (χ1n) is 8.59. The van der Waals surface area contributed by atoms with Crippen LogP contribution < -0.4 is 5.73 Å². The molecule has 4 aromatic rings. The monoisotopic (exact) mass is 328 g/mol. The van der Waals surface area contributed by atoms with Crippen LogP contribution in [0.3, 0.4) is 0 Å². The molecule has 0 amide bonds. The van der Waals surface area contributed by atoms with E-state index in [1.54, 1.807) is 0 Å². The number of hydrogen-bond donors (Lipinski definition) is 1. The Labute approximate surface area is 146 Å². The Kier molecular flexibility index (Phi) is 3.86. The highest BCUT2D eigenvalue weighted by molar-refractivity contribution is 6.21. The van der Waals surface area contributed by atoms with E-state index >= 15 is 0 Å². The minimum atomic E-state index is 0.0316. The number of benzene rings is 3. The fourth-order valence-corrected chi connectivity index (χ4v) is 3.67. The SMILES string of the molecule is CCn1c2ccccc2c2ccc(CN)c(C(=O)c3ccccc3)c21. The topological polar surface area (TPSA) is 48.0 Å². The molecule has 0 atom stereocenters. The molecule has 0 radical (unpaired) electrons. The van der Waals surface area contributed by atoms with Gasteiger partial charge in [0.05, 0.1) is 11.1 Å². The Bertz CT molecular complexity index is 1080. The molecule has 3 aromatic carbocycles. The third-order valence-corrected chi connectivity index (χ3v) is 4.82. The van der Waals surface area contributed by atoms with Gasteiger partial charge in [0.15, 0.2) is 5.78 Å². The van der Waals surface area contributed by atoms with E-state index in [0.717, 1.165) is 34.1 Å². The molecule has 0 fully saturated rings. The van der Waals surface area contributed by atoms with Crippen molar-refractivity contribution in [2.24, 2.45) is 5.73 Å². The van der Waals surface area contributed by atoms with Gasteiger partial charge in [-0.1, -0.05) is 60.7 Å². The molecule has 1 heterocycles.